The van der Waals surface area contributed by atoms with E-state index in [2.05, 4.69) is 0 Å². The maximum atomic E-state index is 13.8. The van der Waals surface area contributed by atoms with Gasteiger partial charge in [0.15, 0.2) is 63.6 Å². The molecule has 16 N–H and O–H groups in total. The Kier molecular flexibility index (Phi) is 10.5. The number of esters is 2. The molecule has 0 spiro atoms. The number of carbonyl (C=O) groups excluding carboxylic acids is 2. The number of ether oxygens (including phenoxy) is 4. The van der Waals surface area contributed by atoms with E-state index in [0.29, 0.717) is 0 Å². The SMILES string of the molecule is CC1(c2c(C3Oc4cc(O)cc(O)c4CC3OC(=O)c3cc(O)c(O)c(O)c3)cc(O)c(O)c2O)C(O)=C(O)C(O)=CC1C1Oc2cc(O)cc(O)c2CC1OC(=O)c1cc(O)c(O)c(O)c1. The Morgan fingerprint density at radius 1 is 0.537 bits per heavy atom. The van der Waals surface area contributed by atoms with Crippen LogP contribution in [0, 0.1) is 5.92 Å². The molecule has 3 aliphatic rings. The third-order valence-corrected chi connectivity index (χ3v) is 11.9. The summed E-state index contributed by atoms with van der Waals surface area (Å²) in [5, 5.41) is 172. The lowest BCUT2D eigenvalue weighted by molar-refractivity contribution is -0.0455. The van der Waals surface area contributed by atoms with E-state index in [-0.39, 0.29) is 22.6 Å². The van der Waals surface area contributed by atoms with Gasteiger partial charge in [-0.3, -0.25) is 0 Å². The smallest absolute Gasteiger partial charge is 0.338 e. The van der Waals surface area contributed by atoms with Crippen molar-refractivity contribution in [3.05, 3.63) is 111 Å². The second kappa shape index (κ2) is 15.9. The highest BCUT2D eigenvalue weighted by atomic mass is 16.6. The number of carbonyl (C=O) groups is 2. The van der Waals surface area contributed by atoms with Crippen molar-refractivity contribution in [2.24, 2.45) is 5.92 Å². The van der Waals surface area contributed by atoms with Crippen molar-refractivity contribution in [3.8, 4) is 86.2 Å². The number of rotatable bonds is 7. The Labute approximate surface area is 374 Å². The highest BCUT2D eigenvalue weighted by Crippen LogP contribution is 2.58. The largest absolute Gasteiger partial charge is 0.508 e. The third-order valence-electron chi connectivity index (χ3n) is 11.9. The first-order valence-corrected chi connectivity index (χ1v) is 19.7. The molecule has 0 saturated carbocycles. The molecule has 0 fully saturated rings. The second-order valence-corrected chi connectivity index (χ2v) is 16.1. The van der Waals surface area contributed by atoms with Gasteiger partial charge in [0, 0.05) is 65.3 Å². The maximum Gasteiger partial charge on any atom is 0.338 e. The zero-order chi connectivity index (χ0) is 48.7. The van der Waals surface area contributed by atoms with Gasteiger partial charge in [-0.2, -0.15) is 0 Å². The lowest BCUT2D eigenvalue weighted by Crippen LogP contribution is -2.53. The molecule has 0 aromatic heterocycles. The Morgan fingerprint density at radius 3 is 1.49 bits per heavy atom. The van der Waals surface area contributed by atoms with Crippen LogP contribution >= 0.6 is 0 Å². The summed E-state index contributed by atoms with van der Waals surface area (Å²) in [7, 11) is 0. The predicted molar refractivity (Wildman–Crippen MR) is 221 cm³/mol. The quantitative estimate of drug-likeness (QED) is 0.0780. The molecular weight excluding hydrogens is 892 g/mol. The molecule has 5 aromatic carbocycles. The fourth-order valence-corrected chi connectivity index (χ4v) is 8.63. The highest BCUT2D eigenvalue weighted by molar-refractivity contribution is 5.92. The van der Waals surface area contributed by atoms with Crippen LogP contribution in [0.2, 0.25) is 0 Å². The summed E-state index contributed by atoms with van der Waals surface area (Å²) in [4.78, 5) is 27.5. The average molecular weight is 931 g/mol. The number of aliphatic hydroxyl groups excluding tert-OH is 3. The molecule has 350 valence electrons. The molecule has 22 heteroatoms. The summed E-state index contributed by atoms with van der Waals surface area (Å²) >= 11 is 0. The fraction of sp³-hybridized carbons (Fsp3) is 0.200. The van der Waals surface area contributed by atoms with Crippen molar-refractivity contribution in [2.45, 2.75) is 49.6 Å². The van der Waals surface area contributed by atoms with Crippen LogP contribution in [0.15, 0.2) is 78.0 Å². The Morgan fingerprint density at radius 2 is 0.985 bits per heavy atom. The van der Waals surface area contributed by atoms with E-state index in [1.807, 2.05) is 0 Å². The van der Waals surface area contributed by atoms with Gasteiger partial charge in [-0.15, -0.1) is 0 Å². The predicted octanol–water partition coefficient (Wildman–Crippen LogP) is 4.65. The molecule has 0 radical (unpaired) electrons. The van der Waals surface area contributed by atoms with E-state index in [1.165, 1.54) is 0 Å². The van der Waals surface area contributed by atoms with Gasteiger partial charge < -0.3 is 101 Å². The molecular formula is C45H38O22. The normalized spacial score (nSPS) is 22.0. The van der Waals surface area contributed by atoms with Gasteiger partial charge in [0.05, 0.1) is 16.5 Å². The number of phenols is 13. The molecule has 67 heavy (non-hydrogen) atoms. The minimum atomic E-state index is -2.52. The topological polar surface area (TPSA) is 395 Å². The van der Waals surface area contributed by atoms with Crippen molar-refractivity contribution in [1.29, 1.82) is 0 Å². The molecule has 0 bridgehead atoms. The standard InChI is InChI=1S/C45H38O22/c1-45(21(13-29(55)38(59)42(45)61)41-33(12-19-23(49)7-17(47)9-31(19)65-41)67-44(63)15-4-26(52)36(57)27(53)5-15)34-20(10-28(54)37(58)39(34)60)40-32(11-18-22(48)6-16(46)8-30(18)64-40)66-43(62)14-2-24(50)35(56)25(51)3-14/h2-10,13,21,32-33,40-41,46-61H,11-12H2,1H3. The monoisotopic (exact) mass is 930 g/mol. The van der Waals surface area contributed by atoms with Gasteiger partial charge in [-0.25, -0.2) is 9.59 Å². The van der Waals surface area contributed by atoms with Gasteiger partial charge in [0.1, 0.15) is 58.6 Å². The van der Waals surface area contributed by atoms with Crippen molar-refractivity contribution < 1.29 is 110 Å². The molecule has 0 amide bonds. The van der Waals surface area contributed by atoms with E-state index in [4.69, 9.17) is 18.9 Å². The molecule has 2 heterocycles. The number of aromatic hydroxyl groups is 13. The van der Waals surface area contributed by atoms with Gasteiger partial charge in [0.25, 0.3) is 0 Å². The summed E-state index contributed by atoms with van der Waals surface area (Å²) in [5.74, 6) is -19.8. The summed E-state index contributed by atoms with van der Waals surface area (Å²) in [6.07, 6.45) is -7.19. The van der Waals surface area contributed by atoms with Gasteiger partial charge in [-0.1, -0.05) is 0 Å². The van der Waals surface area contributed by atoms with Crippen molar-refractivity contribution >= 4 is 11.9 Å². The zero-order valence-corrected chi connectivity index (χ0v) is 34.2. The van der Waals surface area contributed by atoms with Crippen LogP contribution in [0.25, 0.3) is 0 Å². The molecule has 8 rings (SSSR count). The first-order chi connectivity index (χ1) is 31.5. The Hall–Kier alpha value is -9.08. The van der Waals surface area contributed by atoms with Gasteiger partial charge >= 0.3 is 11.9 Å². The number of phenolic OH excluding ortho intramolecular Hbond substituents is 13. The van der Waals surface area contributed by atoms with Crippen LogP contribution in [-0.2, 0) is 27.7 Å². The van der Waals surface area contributed by atoms with E-state index in [9.17, 15) is 91.3 Å². The molecule has 6 atom stereocenters. The van der Waals surface area contributed by atoms with Gasteiger partial charge in [-0.05, 0) is 43.3 Å². The van der Waals surface area contributed by atoms with Crippen LogP contribution < -0.4 is 9.47 Å². The van der Waals surface area contributed by atoms with Crippen LogP contribution in [-0.4, -0.2) is 112 Å². The van der Waals surface area contributed by atoms with Gasteiger partial charge in [0.2, 0.25) is 5.75 Å². The maximum absolute atomic E-state index is 13.8. The first kappa shape index (κ1) is 44.5. The van der Waals surface area contributed by atoms with Crippen LogP contribution in [0.1, 0.15) is 56.0 Å². The van der Waals surface area contributed by atoms with E-state index >= 15 is 0 Å². The number of fused-ring (bicyclic) bond motifs is 2. The Bertz CT molecular complexity index is 2950. The fourth-order valence-electron chi connectivity index (χ4n) is 8.63. The lowest BCUT2D eigenvalue weighted by Gasteiger charge is -2.47. The van der Waals surface area contributed by atoms with Crippen LogP contribution in [0.3, 0.4) is 0 Å². The number of allylic oxidation sites excluding steroid dienone is 1. The van der Waals surface area contributed by atoms with E-state index in [1.54, 1.807) is 0 Å². The molecule has 1 aliphatic carbocycles. The minimum absolute atomic E-state index is 0.0666. The summed E-state index contributed by atoms with van der Waals surface area (Å²) in [6, 6.07) is 7.69. The molecule has 22 nitrogen and oxygen atoms in total. The van der Waals surface area contributed by atoms with E-state index in [0.717, 1.165) is 67.6 Å². The number of hydrogen-bond donors (Lipinski definition) is 16. The summed E-state index contributed by atoms with van der Waals surface area (Å²) < 4.78 is 24.1. The molecule has 2 aliphatic heterocycles. The van der Waals surface area contributed by atoms with Crippen molar-refractivity contribution in [1.82, 2.24) is 0 Å². The van der Waals surface area contributed by atoms with Crippen LogP contribution in [0.5, 0.6) is 86.2 Å². The minimum Gasteiger partial charge on any atom is -0.508 e. The number of aliphatic hydroxyl groups is 3. The van der Waals surface area contributed by atoms with Crippen molar-refractivity contribution in [2.75, 3.05) is 0 Å². The van der Waals surface area contributed by atoms with E-state index < -0.39 is 175 Å². The second-order valence-electron chi connectivity index (χ2n) is 16.1. The zero-order valence-electron chi connectivity index (χ0n) is 34.2. The number of hydrogen-bond acceptors (Lipinski definition) is 22. The molecule has 5 aromatic rings. The van der Waals surface area contributed by atoms with Crippen molar-refractivity contribution in [3.63, 3.8) is 0 Å². The molecule has 0 saturated heterocycles. The highest BCUT2D eigenvalue weighted by Gasteiger charge is 2.56. The summed E-state index contributed by atoms with van der Waals surface area (Å²) in [5.41, 5.74) is -4.92. The average Bonchev–Trinajstić information content (AvgIpc) is 3.26. The number of benzene rings is 5. The third kappa shape index (κ3) is 7.34. The molecule has 6 unspecified atom stereocenters. The first-order valence-electron chi connectivity index (χ1n) is 19.7. The van der Waals surface area contributed by atoms with Crippen LogP contribution in [0.4, 0.5) is 0 Å². The summed E-state index contributed by atoms with van der Waals surface area (Å²) in [6.45, 7) is 1.12. The Balaban J connectivity index is 1.32. The lowest BCUT2D eigenvalue weighted by atomic mass is 9.62.